The van der Waals surface area contributed by atoms with Gasteiger partial charge in [0.25, 0.3) is 0 Å². The molecule has 1 unspecified atom stereocenters. The van der Waals surface area contributed by atoms with Crippen molar-refractivity contribution in [3.8, 4) is 6.07 Å². The lowest BCUT2D eigenvalue weighted by Crippen LogP contribution is -2.44. The van der Waals surface area contributed by atoms with Crippen molar-refractivity contribution in [3.05, 3.63) is 19.2 Å². The van der Waals surface area contributed by atoms with Gasteiger partial charge in [-0.05, 0) is 48.4 Å². The number of imidazole rings is 1. The fourth-order valence-electron chi connectivity index (χ4n) is 4.18. The lowest BCUT2D eigenvalue weighted by molar-refractivity contribution is 0.0984. The molecule has 1 atom stereocenters. The maximum absolute atomic E-state index is 10.2. The maximum Gasteiger partial charge on any atom is 0.193 e. The molecule has 3 heterocycles. The first-order valence-electron chi connectivity index (χ1n) is 9.07. The van der Waals surface area contributed by atoms with E-state index in [4.69, 9.17) is 9.84 Å². The third kappa shape index (κ3) is 3.09. The van der Waals surface area contributed by atoms with Crippen LogP contribution in [-0.4, -0.2) is 40.4 Å². The Morgan fingerprint density at radius 1 is 1.31 bits per heavy atom. The standard InChI is InChI=1S/C18H21I2N5O/c1-12-10-26-8-7-24(12)14-9-13(18(11-21)5-3-2-4-6-18)15-16(19)22-17(20)25(15)23-14/h9,12H,2-8,10H2,1H3. The second kappa shape index (κ2) is 7.39. The Labute approximate surface area is 180 Å². The first-order chi connectivity index (χ1) is 12.6. The Bertz CT molecular complexity index is 869. The van der Waals surface area contributed by atoms with Crippen molar-refractivity contribution in [1.82, 2.24) is 14.6 Å². The van der Waals surface area contributed by atoms with Crippen molar-refractivity contribution < 1.29 is 4.74 Å². The Hall–Kier alpha value is -0.670. The van der Waals surface area contributed by atoms with Crippen molar-refractivity contribution in [3.63, 3.8) is 0 Å². The maximum atomic E-state index is 10.2. The Morgan fingerprint density at radius 3 is 2.77 bits per heavy atom. The number of ether oxygens (including phenoxy) is 1. The molecule has 1 aliphatic heterocycles. The van der Waals surface area contributed by atoms with Crippen LogP contribution in [-0.2, 0) is 10.2 Å². The van der Waals surface area contributed by atoms with Gasteiger partial charge in [-0.25, -0.2) is 9.50 Å². The van der Waals surface area contributed by atoms with Gasteiger partial charge in [-0.2, -0.15) is 5.26 Å². The monoisotopic (exact) mass is 577 g/mol. The van der Waals surface area contributed by atoms with E-state index in [1.807, 2.05) is 4.52 Å². The fraction of sp³-hybridized carbons (Fsp3) is 0.611. The molecule has 4 rings (SSSR count). The topological polar surface area (TPSA) is 66.5 Å². The zero-order chi connectivity index (χ0) is 18.3. The number of aromatic nitrogens is 3. The first kappa shape index (κ1) is 18.7. The van der Waals surface area contributed by atoms with Crippen LogP contribution < -0.4 is 4.90 Å². The highest BCUT2D eigenvalue weighted by atomic mass is 127. The molecule has 1 saturated heterocycles. The van der Waals surface area contributed by atoms with Crippen LogP contribution in [0, 0.1) is 18.9 Å². The Morgan fingerprint density at radius 2 is 2.08 bits per heavy atom. The molecule has 0 radical (unpaired) electrons. The van der Waals surface area contributed by atoms with Gasteiger partial charge in [0, 0.05) is 34.7 Å². The fourth-order valence-corrected chi connectivity index (χ4v) is 5.97. The minimum atomic E-state index is -0.435. The van der Waals surface area contributed by atoms with E-state index in [0.717, 1.165) is 56.7 Å². The number of morpholine rings is 1. The molecule has 2 aromatic rings. The molecule has 0 amide bonds. The molecular weight excluding hydrogens is 556 g/mol. The molecule has 138 valence electrons. The molecule has 2 fully saturated rings. The number of nitriles is 1. The molecule has 0 spiro atoms. The van der Waals surface area contributed by atoms with Gasteiger partial charge in [0.2, 0.25) is 0 Å². The summed E-state index contributed by atoms with van der Waals surface area (Å²) in [6.45, 7) is 4.40. The minimum Gasteiger partial charge on any atom is -0.377 e. The second-order valence-electron chi connectivity index (χ2n) is 7.22. The van der Waals surface area contributed by atoms with Crippen molar-refractivity contribution in [2.45, 2.75) is 50.5 Å². The predicted molar refractivity (Wildman–Crippen MR) is 116 cm³/mol. The Kier molecular flexibility index (Phi) is 5.31. The number of anilines is 1. The van der Waals surface area contributed by atoms with E-state index >= 15 is 0 Å². The largest absolute Gasteiger partial charge is 0.377 e. The van der Waals surface area contributed by atoms with E-state index in [-0.39, 0.29) is 6.04 Å². The normalized spacial score (nSPS) is 23.2. The molecule has 6 nitrogen and oxygen atoms in total. The van der Waals surface area contributed by atoms with Gasteiger partial charge < -0.3 is 9.64 Å². The summed E-state index contributed by atoms with van der Waals surface area (Å²) in [4.78, 5) is 6.93. The number of hydrogen-bond acceptors (Lipinski definition) is 5. The summed E-state index contributed by atoms with van der Waals surface area (Å²) in [5, 5.41) is 15.1. The molecule has 2 aromatic heterocycles. The molecule has 1 saturated carbocycles. The van der Waals surface area contributed by atoms with Crippen LogP contribution in [0.3, 0.4) is 0 Å². The number of halogens is 2. The SMILES string of the molecule is CC1COCCN1c1cc(C2(C#N)CCCCC2)c2c(I)nc(I)n2n1. The molecule has 0 bridgehead atoms. The quantitative estimate of drug-likeness (QED) is 0.508. The van der Waals surface area contributed by atoms with E-state index in [1.165, 1.54) is 6.42 Å². The number of fused-ring (bicyclic) bond motifs is 1. The zero-order valence-corrected chi connectivity index (χ0v) is 19.0. The van der Waals surface area contributed by atoms with Crippen LogP contribution in [0.2, 0.25) is 0 Å². The zero-order valence-electron chi connectivity index (χ0n) is 14.7. The van der Waals surface area contributed by atoms with Crippen LogP contribution in [0.1, 0.15) is 44.6 Å². The lowest BCUT2D eigenvalue weighted by atomic mass is 9.70. The average Bonchev–Trinajstić information content (AvgIpc) is 2.96. The molecule has 1 aliphatic carbocycles. The third-order valence-electron chi connectivity index (χ3n) is 5.60. The van der Waals surface area contributed by atoms with Gasteiger partial charge in [0.15, 0.2) is 3.83 Å². The number of rotatable bonds is 2. The average molecular weight is 577 g/mol. The highest BCUT2D eigenvalue weighted by molar-refractivity contribution is 14.1. The lowest BCUT2D eigenvalue weighted by Gasteiger charge is -2.36. The van der Waals surface area contributed by atoms with Crippen molar-refractivity contribution >= 4 is 56.5 Å². The van der Waals surface area contributed by atoms with Gasteiger partial charge in [0.05, 0.1) is 30.7 Å². The second-order valence-corrected chi connectivity index (χ2v) is 9.21. The predicted octanol–water partition coefficient (Wildman–Crippen LogP) is 3.89. The van der Waals surface area contributed by atoms with Gasteiger partial charge in [-0.15, -0.1) is 5.10 Å². The Balaban J connectivity index is 1.94. The van der Waals surface area contributed by atoms with Gasteiger partial charge in [-0.1, -0.05) is 19.3 Å². The van der Waals surface area contributed by atoms with E-state index in [0.29, 0.717) is 13.2 Å². The van der Waals surface area contributed by atoms with Crippen LogP contribution in [0.15, 0.2) is 6.07 Å². The molecule has 8 heteroatoms. The summed E-state index contributed by atoms with van der Waals surface area (Å²) in [6.07, 6.45) is 5.25. The summed E-state index contributed by atoms with van der Waals surface area (Å²) in [7, 11) is 0. The first-order valence-corrected chi connectivity index (χ1v) is 11.2. The van der Waals surface area contributed by atoms with Gasteiger partial charge in [0.1, 0.15) is 15.0 Å². The summed E-state index contributed by atoms with van der Waals surface area (Å²) in [5.41, 5.74) is 1.67. The summed E-state index contributed by atoms with van der Waals surface area (Å²) in [5.74, 6) is 0.926. The number of nitrogens with zero attached hydrogens (tertiary/aromatic N) is 5. The van der Waals surface area contributed by atoms with Crippen LogP contribution >= 0.6 is 45.2 Å². The third-order valence-corrected chi connectivity index (χ3v) is 7.05. The van der Waals surface area contributed by atoms with E-state index in [1.54, 1.807) is 0 Å². The van der Waals surface area contributed by atoms with Crippen molar-refractivity contribution in [1.29, 1.82) is 5.26 Å². The number of hydrogen-bond donors (Lipinski definition) is 0. The molecule has 0 N–H and O–H groups in total. The molecular formula is C18H21I2N5O. The molecule has 2 aliphatic rings. The van der Waals surface area contributed by atoms with Crippen LogP contribution in [0.5, 0.6) is 0 Å². The summed E-state index contributed by atoms with van der Waals surface area (Å²) in [6, 6.07) is 5.11. The highest BCUT2D eigenvalue weighted by Crippen LogP contribution is 2.42. The van der Waals surface area contributed by atoms with E-state index in [2.05, 4.69) is 74.1 Å². The van der Waals surface area contributed by atoms with Crippen LogP contribution in [0.4, 0.5) is 5.82 Å². The summed E-state index contributed by atoms with van der Waals surface area (Å²) < 4.78 is 9.30. The minimum absolute atomic E-state index is 0.270. The smallest absolute Gasteiger partial charge is 0.193 e. The highest BCUT2D eigenvalue weighted by Gasteiger charge is 2.38. The van der Waals surface area contributed by atoms with Crippen LogP contribution in [0.25, 0.3) is 5.52 Å². The van der Waals surface area contributed by atoms with E-state index < -0.39 is 5.41 Å². The van der Waals surface area contributed by atoms with Crippen molar-refractivity contribution in [2.24, 2.45) is 0 Å². The summed E-state index contributed by atoms with van der Waals surface area (Å²) >= 11 is 4.51. The van der Waals surface area contributed by atoms with Gasteiger partial charge in [-0.3, -0.25) is 0 Å². The molecule has 26 heavy (non-hydrogen) atoms. The van der Waals surface area contributed by atoms with E-state index in [9.17, 15) is 5.26 Å². The van der Waals surface area contributed by atoms with Crippen molar-refractivity contribution in [2.75, 3.05) is 24.7 Å². The van der Waals surface area contributed by atoms with Gasteiger partial charge >= 0.3 is 0 Å². The molecule has 0 aromatic carbocycles.